The number of nitrogens with zero attached hydrogens (tertiary/aromatic N) is 1. The molecular formula is C18H21N3O4S. The number of ether oxygens (including phenoxy) is 1. The van der Waals surface area contributed by atoms with E-state index in [0.717, 1.165) is 18.4 Å². The number of benzene rings is 1. The van der Waals surface area contributed by atoms with Gasteiger partial charge in [0.2, 0.25) is 0 Å². The summed E-state index contributed by atoms with van der Waals surface area (Å²) in [6, 6.07) is 9.10. The minimum Gasteiger partial charge on any atom is -0.493 e. The number of H-pyrrole nitrogens is 1. The highest BCUT2D eigenvalue weighted by atomic mass is 32.2. The van der Waals surface area contributed by atoms with Gasteiger partial charge in [-0.2, -0.15) is 5.10 Å². The predicted octanol–water partition coefficient (Wildman–Crippen LogP) is 2.30. The van der Waals surface area contributed by atoms with E-state index in [0.29, 0.717) is 23.7 Å². The molecule has 0 spiro atoms. The molecule has 1 aromatic carbocycles. The molecule has 0 saturated heterocycles. The van der Waals surface area contributed by atoms with Gasteiger partial charge in [-0.05, 0) is 38.0 Å². The quantitative estimate of drug-likeness (QED) is 0.737. The van der Waals surface area contributed by atoms with E-state index in [1.807, 2.05) is 31.2 Å². The maximum absolute atomic E-state index is 12.2. The standard InChI is InChI=1S/C18H21N3O4S/c1-2-25-17-7-4-3-6-14(17)15-12-16(21-20-15)18(22)19-10-5-11-26(23,24)13-8-9-13/h3-7,11-13H,2,8-10H2,1H3,(H,19,22)(H,20,21)/b11-5+. The Hall–Kier alpha value is -2.61. The van der Waals surface area contributed by atoms with Gasteiger partial charge in [-0.1, -0.05) is 18.2 Å². The summed E-state index contributed by atoms with van der Waals surface area (Å²) in [6.07, 6.45) is 2.89. The SMILES string of the molecule is CCOc1ccccc1-c1cc(C(=O)NC/C=C/S(=O)(=O)C2CC2)[nH]n1. The fourth-order valence-corrected chi connectivity index (χ4v) is 3.85. The first-order valence-electron chi connectivity index (χ1n) is 8.47. The molecular weight excluding hydrogens is 354 g/mol. The second-order valence-electron chi connectivity index (χ2n) is 5.97. The van der Waals surface area contributed by atoms with Crippen molar-refractivity contribution in [2.75, 3.05) is 13.2 Å². The number of sulfone groups is 1. The van der Waals surface area contributed by atoms with Crippen molar-refractivity contribution in [2.45, 2.75) is 25.0 Å². The number of amides is 1. The molecule has 8 heteroatoms. The molecule has 26 heavy (non-hydrogen) atoms. The van der Waals surface area contributed by atoms with E-state index in [-0.39, 0.29) is 17.7 Å². The molecule has 7 nitrogen and oxygen atoms in total. The number of carbonyl (C=O) groups is 1. The first-order valence-corrected chi connectivity index (χ1v) is 10.1. The van der Waals surface area contributed by atoms with Gasteiger partial charge in [-0.25, -0.2) is 8.42 Å². The summed E-state index contributed by atoms with van der Waals surface area (Å²) < 4.78 is 29.0. The molecule has 0 bridgehead atoms. The van der Waals surface area contributed by atoms with Crippen molar-refractivity contribution >= 4 is 15.7 Å². The number of rotatable bonds is 8. The summed E-state index contributed by atoms with van der Waals surface area (Å²) in [5.41, 5.74) is 1.69. The van der Waals surface area contributed by atoms with Crippen molar-refractivity contribution in [1.29, 1.82) is 0 Å². The smallest absolute Gasteiger partial charge is 0.269 e. The summed E-state index contributed by atoms with van der Waals surface area (Å²) in [7, 11) is -3.16. The van der Waals surface area contributed by atoms with Gasteiger partial charge in [0.15, 0.2) is 9.84 Å². The minimum atomic E-state index is -3.16. The van der Waals surface area contributed by atoms with Gasteiger partial charge in [0.1, 0.15) is 11.4 Å². The molecule has 0 radical (unpaired) electrons. The van der Waals surface area contributed by atoms with Crippen LogP contribution in [0.2, 0.25) is 0 Å². The molecule has 0 aliphatic heterocycles. The van der Waals surface area contributed by atoms with Gasteiger partial charge < -0.3 is 10.1 Å². The van der Waals surface area contributed by atoms with Crippen LogP contribution >= 0.6 is 0 Å². The molecule has 1 aromatic heterocycles. The number of aromatic amines is 1. The second-order valence-corrected chi connectivity index (χ2v) is 8.08. The van der Waals surface area contributed by atoms with Crippen LogP contribution in [0.15, 0.2) is 41.8 Å². The molecule has 3 rings (SSSR count). The van der Waals surface area contributed by atoms with Crippen molar-refractivity contribution < 1.29 is 17.9 Å². The van der Waals surface area contributed by atoms with Crippen molar-refractivity contribution in [3.8, 4) is 17.0 Å². The van der Waals surface area contributed by atoms with Gasteiger partial charge in [-0.3, -0.25) is 9.89 Å². The second kappa shape index (κ2) is 7.74. The van der Waals surface area contributed by atoms with Crippen molar-refractivity contribution in [3.63, 3.8) is 0 Å². The average Bonchev–Trinajstić information content (AvgIpc) is 3.38. The molecule has 1 amide bonds. The first kappa shape index (κ1) is 18.2. The van der Waals surface area contributed by atoms with Crippen LogP contribution in [0.4, 0.5) is 0 Å². The fourth-order valence-electron chi connectivity index (χ4n) is 2.47. The Labute approximate surface area is 152 Å². The lowest BCUT2D eigenvalue weighted by molar-refractivity contribution is 0.0953. The lowest BCUT2D eigenvalue weighted by Crippen LogP contribution is -2.23. The number of hydrogen-bond donors (Lipinski definition) is 2. The van der Waals surface area contributed by atoms with E-state index in [2.05, 4.69) is 15.5 Å². The minimum absolute atomic E-state index is 0.134. The summed E-state index contributed by atoms with van der Waals surface area (Å²) in [6.45, 7) is 2.57. The van der Waals surface area contributed by atoms with E-state index in [4.69, 9.17) is 4.74 Å². The summed E-state index contributed by atoms with van der Waals surface area (Å²) in [5.74, 6) is 0.341. The van der Waals surface area contributed by atoms with Gasteiger partial charge in [0, 0.05) is 17.5 Å². The normalized spacial score (nSPS) is 14.5. The van der Waals surface area contributed by atoms with Gasteiger partial charge in [0.05, 0.1) is 17.6 Å². The largest absolute Gasteiger partial charge is 0.493 e. The third-order valence-corrected chi connectivity index (χ3v) is 5.91. The van der Waals surface area contributed by atoms with Gasteiger partial charge in [0.25, 0.3) is 5.91 Å². The van der Waals surface area contributed by atoms with E-state index in [1.54, 1.807) is 6.07 Å². The number of para-hydroxylation sites is 1. The maximum Gasteiger partial charge on any atom is 0.269 e. The van der Waals surface area contributed by atoms with E-state index in [1.165, 1.54) is 11.5 Å². The van der Waals surface area contributed by atoms with E-state index >= 15 is 0 Å². The Morgan fingerprint density at radius 3 is 2.88 bits per heavy atom. The lowest BCUT2D eigenvalue weighted by Gasteiger charge is -2.07. The zero-order valence-corrected chi connectivity index (χ0v) is 15.3. The van der Waals surface area contributed by atoms with Crippen LogP contribution in [0.1, 0.15) is 30.3 Å². The number of nitrogens with one attached hydrogen (secondary N) is 2. The van der Waals surface area contributed by atoms with Crippen LogP contribution < -0.4 is 10.1 Å². The molecule has 2 N–H and O–H groups in total. The fraction of sp³-hybridized carbons (Fsp3) is 0.333. The molecule has 1 aliphatic rings. The zero-order chi connectivity index (χ0) is 18.6. The number of aromatic nitrogens is 2. The van der Waals surface area contributed by atoms with Crippen LogP contribution in [-0.4, -0.2) is 42.9 Å². The van der Waals surface area contributed by atoms with E-state index in [9.17, 15) is 13.2 Å². The van der Waals surface area contributed by atoms with Crippen molar-refractivity contribution in [2.24, 2.45) is 0 Å². The maximum atomic E-state index is 12.2. The predicted molar refractivity (Wildman–Crippen MR) is 98.6 cm³/mol. The molecule has 1 saturated carbocycles. The molecule has 1 heterocycles. The molecule has 1 fully saturated rings. The molecule has 0 unspecified atom stereocenters. The first-order chi connectivity index (χ1) is 12.5. The molecule has 0 atom stereocenters. The Morgan fingerprint density at radius 1 is 1.38 bits per heavy atom. The molecule has 2 aromatic rings. The molecule has 138 valence electrons. The van der Waals surface area contributed by atoms with Crippen LogP contribution in [0.5, 0.6) is 5.75 Å². The summed E-state index contributed by atoms with van der Waals surface area (Å²) in [5, 5.41) is 10.5. The Morgan fingerprint density at radius 2 is 2.15 bits per heavy atom. The highest BCUT2D eigenvalue weighted by molar-refractivity contribution is 7.95. The van der Waals surface area contributed by atoms with Gasteiger partial charge in [-0.15, -0.1) is 0 Å². The van der Waals surface area contributed by atoms with E-state index < -0.39 is 9.84 Å². The van der Waals surface area contributed by atoms with Crippen molar-refractivity contribution in [1.82, 2.24) is 15.5 Å². The van der Waals surface area contributed by atoms with Crippen molar-refractivity contribution in [3.05, 3.63) is 47.5 Å². The van der Waals surface area contributed by atoms with Crippen LogP contribution in [0.25, 0.3) is 11.3 Å². The Balaban J connectivity index is 1.62. The Bertz CT molecular complexity index is 914. The van der Waals surface area contributed by atoms with Gasteiger partial charge >= 0.3 is 0 Å². The van der Waals surface area contributed by atoms with Crippen LogP contribution in [0, 0.1) is 0 Å². The lowest BCUT2D eigenvalue weighted by atomic mass is 10.1. The van der Waals surface area contributed by atoms with Crippen LogP contribution in [0.3, 0.4) is 0 Å². The topological polar surface area (TPSA) is 101 Å². The highest BCUT2D eigenvalue weighted by Gasteiger charge is 2.33. The average molecular weight is 375 g/mol. The number of hydrogen-bond acceptors (Lipinski definition) is 5. The zero-order valence-electron chi connectivity index (χ0n) is 14.4. The third-order valence-electron chi connectivity index (χ3n) is 3.94. The number of carbonyl (C=O) groups excluding carboxylic acids is 1. The highest BCUT2D eigenvalue weighted by Crippen LogP contribution is 2.29. The van der Waals surface area contributed by atoms with Crippen LogP contribution in [-0.2, 0) is 9.84 Å². The summed E-state index contributed by atoms with van der Waals surface area (Å²) >= 11 is 0. The summed E-state index contributed by atoms with van der Waals surface area (Å²) in [4.78, 5) is 12.2. The third kappa shape index (κ3) is 4.32. The molecule has 1 aliphatic carbocycles. The Kier molecular flexibility index (Phi) is 5.41. The monoisotopic (exact) mass is 375 g/mol.